The largest absolute Gasteiger partial charge is 0.493 e. The fourth-order valence-electron chi connectivity index (χ4n) is 2.87. The van der Waals surface area contributed by atoms with Gasteiger partial charge in [-0.1, -0.05) is 0 Å². The van der Waals surface area contributed by atoms with E-state index in [1.807, 2.05) is 29.5 Å². The van der Waals surface area contributed by atoms with Crippen LogP contribution >= 0.6 is 11.3 Å². The van der Waals surface area contributed by atoms with Crippen LogP contribution in [0.1, 0.15) is 16.8 Å². The number of carbonyl (C=O) groups excluding carboxylic acids is 1. The van der Waals surface area contributed by atoms with Crippen LogP contribution in [0.25, 0.3) is 0 Å². The number of thiazole rings is 1. The van der Waals surface area contributed by atoms with Crippen LogP contribution in [0.4, 0.5) is 5.13 Å². The van der Waals surface area contributed by atoms with Gasteiger partial charge in [0.05, 0.1) is 26.3 Å². The predicted octanol–water partition coefficient (Wildman–Crippen LogP) is 2.33. The lowest BCUT2D eigenvalue weighted by molar-refractivity contribution is -0.131. The average molecular weight is 347 g/mol. The molecule has 0 spiro atoms. The van der Waals surface area contributed by atoms with Crippen LogP contribution in [0.5, 0.6) is 11.5 Å². The number of hydrogen-bond acceptors (Lipinski definition) is 6. The summed E-state index contributed by atoms with van der Waals surface area (Å²) >= 11 is 1.51. The molecule has 1 amide bonds. The van der Waals surface area contributed by atoms with Crippen LogP contribution in [-0.2, 0) is 24.2 Å². The highest BCUT2D eigenvalue weighted by molar-refractivity contribution is 7.13. The number of carbonyl (C=O) groups is 1. The summed E-state index contributed by atoms with van der Waals surface area (Å²) in [6.45, 7) is 1.31. The number of aromatic nitrogens is 1. The Labute approximate surface area is 145 Å². The molecule has 24 heavy (non-hydrogen) atoms. The van der Waals surface area contributed by atoms with Crippen molar-refractivity contribution < 1.29 is 14.3 Å². The minimum Gasteiger partial charge on any atom is -0.493 e. The number of methoxy groups -OCH3 is 2. The molecule has 2 aromatic rings. The van der Waals surface area contributed by atoms with Crippen molar-refractivity contribution in [3.8, 4) is 11.5 Å². The molecule has 0 unspecified atom stereocenters. The van der Waals surface area contributed by atoms with E-state index < -0.39 is 0 Å². The molecule has 6 nitrogen and oxygen atoms in total. The highest BCUT2D eigenvalue weighted by Crippen LogP contribution is 2.33. The summed E-state index contributed by atoms with van der Waals surface area (Å²) in [5, 5.41) is 5.75. The molecule has 7 heteroatoms. The van der Waals surface area contributed by atoms with Gasteiger partial charge in [0, 0.05) is 25.5 Å². The third-order valence-corrected chi connectivity index (χ3v) is 5.08. The number of anilines is 1. The minimum atomic E-state index is 0.100. The van der Waals surface area contributed by atoms with Gasteiger partial charge in [-0.05, 0) is 29.7 Å². The monoisotopic (exact) mass is 347 g/mol. The Hall–Kier alpha value is -2.28. The van der Waals surface area contributed by atoms with Crippen LogP contribution in [0, 0.1) is 0 Å². The topological polar surface area (TPSA) is 63.7 Å². The molecule has 1 aromatic carbocycles. The van der Waals surface area contributed by atoms with Crippen LogP contribution in [0.15, 0.2) is 17.5 Å². The van der Waals surface area contributed by atoms with Gasteiger partial charge in [0.25, 0.3) is 0 Å². The maximum atomic E-state index is 12.6. The number of rotatable bonds is 5. The van der Waals surface area contributed by atoms with E-state index in [1.165, 1.54) is 16.9 Å². The zero-order valence-corrected chi connectivity index (χ0v) is 14.9. The van der Waals surface area contributed by atoms with E-state index >= 15 is 0 Å². The molecular weight excluding hydrogens is 326 g/mol. The van der Waals surface area contributed by atoms with Crippen LogP contribution in [-0.4, -0.2) is 43.6 Å². The van der Waals surface area contributed by atoms with Gasteiger partial charge in [-0.25, -0.2) is 4.98 Å². The normalized spacial score (nSPS) is 13.4. The Morgan fingerprint density at radius 3 is 2.62 bits per heavy atom. The Kier molecular flexibility index (Phi) is 4.89. The Balaban J connectivity index is 1.73. The van der Waals surface area contributed by atoms with E-state index in [4.69, 9.17) is 9.47 Å². The molecule has 2 heterocycles. The molecule has 0 radical (unpaired) electrons. The van der Waals surface area contributed by atoms with E-state index in [1.54, 1.807) is 14.2 Å². The molecule has 3 rings (SSSR count). The molecule has 0 saturated carbocycles. The number of fused-ring (bicyclic) bond motifs is 1. The smallest absolute Gasteiger partial charge is 0.228 e. The number of nitrogens with one attached hydrogen (secondary N) is 1. The molecule has 0 saturated heterocycles. The van der Waals surface area contributed by atoms with Crippen LogP contribution < -0.4 is 14.8 Å². The first-order valence-electron chi connectivity index (χ1n) is 7.78. The summed E-state index contributed by atoms with van der Waals surface area (Å²) in [6, 6.07) is 3.98. The van der Waals surface area contributed by atoms with Gasteiger partial charge in [-0.2, -0.15) is 0 Å². The maximum absolute atomic E-state index is 12.6. The molecule has 128 valence electrons. The lowest BCUT2D eigenvalue weighted by atomic mass is 9.98. The quantitative estimate of drug-likeness (QED) is 0.899. The van der Waals surface area contributed by atoms with Crippen molar-refractivity contribution in [2.75, 3.05) is 33.1 Å². The maximum Gasteiger partial charge on any atom is 0.228 e. The van der Waals surface area contributed by atoms with E-state index in [-0.39, 0.29) is 5.91 Å². The summed E-state index contributed by atoms with van der Waals surface area (Å²) < 4.78 is 10.7. The molecule has 1 N–H and O–H groups in total. The van der Waals surface area contributed by atoms with E-state index in [9.17, 15) is 4.79 Å². The predicted molar refractivity (Wildman–Crippen MR) is 94.0 cm³/mol. The fraction of sp³-hybridized carbons (Fsp3) is 0.412. The SMILES string of the molecule is CNc1nc(CC(=O)N2CCc3cc(OC)c(OC)cc3C2)cs1. The lowest BCUT2D eigenvalue weighted by Crippen LogP contribution is -2.37. The van der Waals surface area contributed by atoms with Crippen molar-refractivity contribution >= 4 is 22.4 Å². The number of amides is 1. The van der Waals surface area contributed by atoms with Gasteiger partial charge in [-0.15, -0.1) is 11.3 Å². The van der Waals surface area contributed by atoms with Gasteiger partial charge >= 0.3 is 0 Å². The fourth-order valence-corrected chi connectivity index (χ4v) is 3.54. The highest BCUT2D eigenvalue weighted by Gasteiger charge is 2.23. The van der Waals surface area contributed by atoms with Crippen molar-refractivity contribution in [2.24, 2.45) is 0 Å². The summed E-state index contributed by atoms with van der Waals surface area (Å²) in [7, 11) is 5.08. The van der Waals surface area contributed by atoms with Crippen molar-refractivity contribution in [1.29, 1.82) is 0 Å². The Morgan fingerprint density at radius 2 is 2.00 bits per heavy atom. The first-order chi connectivity index (χ1) is 11.6. The summed E-state index contributed by atoms with van der Waals surface area (Å²) in [6.07, 6.45) is 1.15. The standard InChI is InChI=1S/C17H21N3O3S/c1-18-17-19-13(10-24-17)8-16(21)20-5-4-11-6-14(22-2)15(23-3)7-12(11)9-20/h6-7,10H,4-5,8-9H2,1-3H3,(H,18,19). The second-order valence-electron chi connectivity index (χ2n) is 5.61. The zero-order valence-electron chi connectivity index (χ0n) is 14.1. The third-order valence-electron chi connectivity index (χ3n) is 4.17. The minimum absolute atomic E-state index is 0.100. The van der Waals surface area contributed by atoms with Crippen molar-refractivity contribution in [1.82, 2.24) is 9.88 Å². The molecule has 0 atom stereocenters. The summed E-state index contributed by atoms with van der Waals surface area (Å²) in [5.41, 5.74) is 3.14. The average Bonchev–Trinajstić information content (AvgIpc) is 3.07. The summed E-state index contributed by atoms with van der Waals surface area (Å²) in [5.74, 6) is 1.53. The lowest BCUT2D eigenvalue weighted by Gasteiger charge is -2.29. The van der Waals surface area contributed by atoms with Gasteiger partial charge in [-0.3, -0.25) is 4.79 Å². The number of ether oxygens (including phenoxy) is 2. The molecule has 0 bridgehead atoms. The van der Waals surface area contributed by atoms with Crippen molar-refractivity contribution in [2.45, 2.75) is 19.4 Å². The number of hydrogen-bond donors (Lipinski definition) is 1. The Bertz CT molecular complexity index is 745. The number of nitrogens with zero attached hydrogens (tertiary/aromatic N) is 2. The molecule has 1 aliphatic heterocycles. The first kappa shape index (κ1) is 16.6. The molecule has 0 fully saturated rings. The van der Waals surface area contributed by atoms with Crippen molar-refractivity contribution in [3.05, 3.63) is 34.3 Å². The van der Waals surface area contributed by atoms with Gasteiger partial charge < -0.3 is 19.7 Å². The van der Waals surface area contributed by atoms with Crippen molar-refractivity contribution in [3.63, 3.8) is 0 Å². The highest BCUT2D eigenvalue weighted by atomic mass is 32.1. The summed E-state index contributed by atoms with van der Waals surface area (Å²) in [4.78, 5) is 18.8. The molecule has 0 aliphatic carbocycles. The second kappa shape index (κ2) is 7.09. The Morgan fingerprint density at radius 1 is 1.29 bits per heavy atom. The molecule has 1 aliphatic rings. The molecular formula is C17H21N3O3S. The van der Waals surface area contributed by atoms with Gasteiger partial charge in [0.1, 0.15) is 0 Å². The van der Waals surface area contributed by atoms with Gasteiger partial charge in [0.15, 0.2) is 16.6 Å². The van der Waals surface area contributed by atoms with Crippen LogP contribution in [0.3, 0.4) is 0 Å². The number of benzene rings is 1. The van der Waals surface area contributed by atoms with Crippen LogP contribution in [0.2, 0.25) is 0 Å². The van der Waals surface area contributed by atoms with E-state index in [0.29, 0.717) is 25.3 Å². The second-order valence-corrected chi connectivity index (χ2v) is 6.47. The molecule has 1 aromatic heterocycles. The third kappa shape index (κ3) is 3.31. The van der Waals surface area contributed by atoms with Gasteiger partial charge in [0.2, 0.25) is 5.91 Å². The van der Waals surface area contributed by atoms with E-state index in [2.05, 4.69) is 10.3 Å². The van der Waals surface area contributed by atoms with E-state index in [0.717, 1.165) is 28.6 Å². The first-order valence-corrected chi connectivity index (χ1v) is 8.66. The zero-order chi connectivity index (χ0) is 17.1.